The lowest BCUT2D eigenvalue weighted by atomic mass is 9.91. The molecule has 0 atom stereocenters. The first-order valence-corrected chi connectivity index (χ1v) is 10.7. The molecule has 1 amide bonds. The summed E-state index contributed by atoms with van der Waals surface area (Å²) in [6, 6.07) is 17.7. The van der Waals surface area contributed by atoms with Crippen LogP contribution >= 0.6 is 0 Å². The zero-order chi connectivity index (χ0) is 21.9. The highest BCUT2D eigenvalue weighted by molar-refractivity contribution is 7.90. The molecule has 3 N–H and O–H groups in total. The second-order valence-corrected chi connectivity index (χ2v) is 9.40. The summed E-state index contributed by atoms with van der Waals surface area (Å²) in [7, 11) is -4.12. The molecule has 2 aromatic carbocycles. The van der Waals surface area contributed by atoms with Crippen molar-refractivity contribution < 1.29 is 17.9 Å². The van der Waals surface area contributed by atoms with Gasteiger partial charge in [0, 0.05) is 16.8 Å². The fraction of sp³-hybridized carbons (Fsp3) is 0.182. The Labute approximate surface area is 176 Å². The Morgan fingerprint density at radius 3 is 2.33 bits per heavy atom. The largest absolute Gasteiger partial charge is 0.438 e. The van der Waals surface area contributed by atoms with Crippen LogP contribution in [0.5, 0.6) is 11.6 Å². The summed E-state index contributed by atoms with van der Waals surface area (Å²) < 4.78 is 33.1. The monoisotopic (exact) mass is 425 g/mol. The molecule has 0 aliphatic carbocycles. The minimum Gasteiger partial charge on any atom is -0.438 e. The van der Waals surface area contributed by atoms with Crippen molar-refractivity contribution in [2.24, 2.45) is 0 Å². The molecule has 3 aromatic rings. The number of carbonyl (C=O) groups excluding carboxylic acids is 1. The van der Waals surface area contributed by atoms with Crippen LogP contribution in [0.4, 0.5) is 5.69 Å². The van der Waals surface area contributed by atoms with Crippen LogP contribution in [0, 0.1) is 0 Å². The van der Waals surface area contributed by atoms with Crippen LogP contribution in [-0.4, -0.2) is 19.3 Å². The first-order valence-electron chi connectivity index (χ1n) is 9.23. The highest BCUT2D eigenvalue weighted by atomic mass is 32.2. The van der Waals surface area contributed by atoms with Gasteiger partial charge >= 0.3 is 0 Å². The fourth-order valence-corrected chi connectivity index (χ4v) is 3.65. The van der Waals surface area contributed by atoms with Crippen molar-refractivity contribution in [3.63, 3.8) is 0 Å². The number of rotatable bonds is 5. The zero-order valence-electron chi connectivity index (χ0n) is 16.9. The second-order valence-electron chi connectivity index (χ2n) is 7.72. The maximum Gasteiger partial charge on any atom is 0.270 e. The predicted molar refractivity (Wildman–Crippen MR) is 115 cm³/mol. The van der Waals surface area contributed by atoms with Crippen LogP contribution in [-0.2, 0) is 15.4 Å². The molecule has 156 valence electrons. The van der Waals surface area contributed by atoms with Gasteiger partial charge in [-0.15, -0.1) is 0 Å². The quantitative estimate of drug-likeness (QED) is 0.600. The van der Waals surface area contributed by atoms with Gasteiger partial charge in [0.05, 0.1) is 4.90 Å². The molecule has 7 nitrogen and oxygen atoms in total. The Kier molecular flexibility index (Phi) is 5.80. The lowest BCUT2D eigenvalue weighted by Crippen LogP contribution is -2.31. The number of para-hydroxylation sites is 1. The molecule has 0 fully saturated rings. The lowest BCUT2D eigenvalue weighted by molar-refractivity contribution is 0.0978. The third kappa shape index (κ3) is 4.96. The van der Waals surface area contributed by atoms with Crippen LogP contribution in [0.15, 0.2) is 71.6 Å². The van der Waals surface area contributed by atoms with E-state index in [0.717, 1.165) is 0 Å². The number of ether oxygens (including phenoxy) is 1. The molecule has 8 heteroatoms. The van der Waals surface area contributed by atoms with Gasteiger partial charge in [-0.25, -0.2) is 18.1 Å². The number of sulfonamides is 1. The van der Waals surface area contributed by atoms with E-state index in [9.17, 15) is 13.2 Å². The van der Waals surface area contributed by atoms with Crippen LogP contribution in [0.3, 0.4) is 0 Å². The average molecular weight is 426 g/mol. The maximum absolute atomic E-state index is 12.8. The molecule has 0 unspecified atom stereocenters. The number of benzene rings is 2. The molecule has 30 heavy (non-hydrogen) atoms. The zero-order valence-corrected chi connectivity index (χ0v) is 17.7. The molecular formula is C22H23N3O4S. The number of nitrogens with one attached hydrogen (secondary N) is 1. The SMILES string of the molecule is CC(C)(C)c1ccc(C(=O)NS(=O)(=O)c2cccc(N)c2)c(Oc2ccccc2)n1. The van der Waals surface area contributed by atoms with Crippen LogP contribution < -0.4 is 15.2 Å². The van der Waals surface area contributed by atoms with Crippen molar-refractivity contribution in [1.82, 2.24) is 9.71 Å². The number of nitrogen functional groups attached to an aromatic ring is 1. The number of hydrogen-bond donors (Lipinski definition) is 2. The van der Waals surface area contributed by atoms with Gasteiger partial charge in [0.25, 0.3) is 15.9 Å². The fourth-order valence-electron chi connectivity index (χ4n) is 2.63. The molecular weight excluding hydrogens is 402 g/mol. The van der Waals surface area contributed by atoms with Gasteiger partial charge in [-0.3, -0.25) is 4.79 Å². The number of aromatic nitrogens is 1. The molecule has 0 spiro atoms. The van der Waals surface area contributed by atoms with Crippen molar-refractivity contribution in [1.29, 1.82) is 0 Å². The number of carbonyl (C=O) groups is 1. The summed E-state index contributed by atoms with van der Waals surface area (Å²) in [5.74, 6) is -0.353. The summed E-state index contributed by atoms with van der Waals surface area (Å²) in [6.07, 6.45) is 0. The third-order valence-electron chi connectivity index (χ3n) is 4.23. The van der Waals surface area contributed by atoms with Crippen molar-refractivity contribution >= 4 is 21.6 Å². The van der Waals surface area contributed by atoms with Gasteiger partial charge in [-0.05, 0) is 42.5 Å². The van der Waals surface area contributed by atoms with Crippen LogP contribution in [0.1, 0.15) is 36.8 Å². The first kappa shape index (κ1) is 21.3. The molecule has 0 radical (unpaired) electrons. The maximum atomic E-state index is 12.8. The molecule has 0 aliphatic heterocycles. The van der Waals surface area contributed by atoms with E-state index in [1.54, 1.807) is 36.4 Å². The van der Waals surface area contributed by atoms with E-state index in [4.69, 9.17) is 10.5 Å². The van der Waals surface area contributed by atoms with Gasteiger partial charge in [0.2, 0.25) is 5.88 Å². The summed E-state index contributed by atoms with van der Waals surface area (Å²) in [4.78, 5) is 17.2. The van der Waals surface area contributed by atoms with Gasteiger partial charge in [0.1, 0.15) is 11.3 Å². The minimum absolute atomic E-state index is 0.000619. The lowest BCUT2D eigenvalue weighted by Gasteiger charge is -2.20. The summed E-state index contributed by atoms with van der Waals surface area (Å²) in [5, 5.41) is 0. The van der Waals surface area contributed by atoms with Gasteiger partial charge in [0.15, 0.2) is 0 Å². The van der Waals surface area contributed by atoms with E-state index in [-0.39, 0.29) is 27.4 Å². The van der Waals surface area contributed by atoms with E-state index in [1.807, 2.05) is 26.8 Å². The van der Waals surface area contributed by atoms with E-state index in [1.165, 1.54) is 24.3 Å². The van der Waals surface area contributed by atoms with Crippen molar-refractivity contribution in [2.45, 2.75) is 31.1 Å². The van der Waals surface area contributed by atoms with Gasteiger partial charge in [-0.1, -0.05) is 45.0 Å². The van der Waals surface area contributed by atoms with E-state index in [2.05, 4.69) is 9.71 Å². The number of nitrogens with two attached hydrogens (primary N) is 1. The Morgan fingerprint density at radius 2 is 1.70 bits per heavy atom. The summed E-state index contributed by atoms with van der Waals surface area (Å²) in [6.45, 7) is 5.93. The Morgan fingerprint density at radius 1 is 1.00 bits per heavy atom. The average Bonchev–Trinajstić information content (AvgIpc) is 2.67. The van der Waals surface area contributed by atoms with Crippen molar-refractivity contribution in [2.75, 3.05) is 5.73 Å². The van der Waals surface area contributed by atoms with Crippen LogP contribution in [0.2, 0.25) is 0 Å². The predicted octanol–water partition coefficient (Wildman–Crippen LogP) is 3.87. The van der Waals surface area contributed by atoms with E-state index in [0.29, 0.717) is 11.4 Å². The molecule has 0 saturated heterocycles. The van der Waals surface area contributed by atoms with Gasteiger partial charge < -0.3 is 10.5 Å². The highest BCUT2D eigenvalue weighted by Gasteiger charge is 2.25. The molecule has 3 rings (SSSR count). The Bertz CT molecular complexity index is 1170. The standard InChI is InChI=1S/C22H23N3O4S/c1-22(2,3)19-13-12-18(21(24-19)29-16-9-5-4-6-10-16)20(26)25-30(27,28)17-11-7-8-15(23)14-17/h4-14H,23H2,1-3H3,(H,25,26). The molecule has 0 bridgehead atoms. The van der Waals surface area contributed by atoms with Crippen LogP contribution in [0.25, 0.3) is 0 Å². The van der Waals surface area contributed by atoms with Gasteiger partial charge in [-0.2, -0.15) is 0 Å². The molecule has 1 heterocycles. The normalized spacial score (nSPS) is 11.7. The summed E-state index contributed by atoms with van der Waals surface area (Å²) in [5.41, 5.74) is 6.33. The Hall–Kier alpha value is -3.39. The number of pyridine rings is 1. The highest BCUT2D eigenvalue weighted by Crippen LogP contribution is 2.28. The second kappa shape index (κ2) is 8.16. The van der Waals surface area contributed by atoms with Crippen molar-refractivity contribution in [3.8, 4) is 11.6 Å². The summed E-state index contributed by atoms with van der Waals surface area (Å²) >= 11 is 0. The van der Waals surface area contributed by atoms with E-state index >= 15 is 0 Å². The minimum atomic E-state index is -4.12. The number of nitrogens with zero attached hydrogens (tertiary/aromatic N) is 1. The molecule has 0 saturated carbocycles. The smallest absolute Gasteiger partial charge is 0.270 e. The molecule has 1 aromatic heterocycles. The van der Waals surface area contributed by atoms with Crippen molar-refractivity contribution in [3.05, 3.63) is 78.0 Å². The Balaban J connectivity index is 1.98. The molecule has 0 aliphatic rings. The topological polar surface area (TPSA) is 111 Å². The number of anilines is 1. The first-order chi connectivity index (χ1) is 14.1. The number of hydrogen-bond acceptors (Lipinski definition) is 6. The number of amides is 1. The van der Waals surface area contributed by atoms with E-state index < -0.39 is 15.9 Å². The third-order valence-corrected chi connectivity index (χ3v) is 5.56.